The molecular formula is C11H13F3O2. The summed E-state index contributed by atoms with van der Waals surface area (Å²) in [6.45, 7) is 5.22. The highest BCUT2D eigenvalue weighted by atomic mass is 19.4. The number of phenols is 1. The average molecular weight is 234 g/mol. The molecule has 90 valence electrons. The van der Waals surface area contributed by atoms with Crippen LogP contribution in [0, 0.1) is 0 Å². The molecule has 0 bridgehead atoms. The summed E-state index contributed by atoms with van der Waals surface area (Å²) < 4.78 is 40.3. The lowest BCUT2D eigenvalue weighted by Crippen LogP contribution is -2.21. The Labute approximate surface area is 91.7 Å². The SMILES string of the molecule is CC(C)(C)c1cc(O)ccc1OC(F)(F)F. The molecule has 1 aromatic carbocycles. The van der Waals surface area contributed by atoms with Crippen LogP contribution < -0.4 is 4.74 Å². The third kappa shape index (κ3) is 3.32. The Kier molecular flexibility index (Phi) is 3.08. The lowest BCUT2D eigenvalue weighted by molar-refractivity contribution is -0.275. The Hall–Kier alpha value is -1.39. The maximum atomic E-state index is 12.1. The van der Waals surface area contributed by atoms with Gasteiger partial charge in [0.2, 0.25) is 0 Å². The Morgan fingerprint density at radius 1 is 1.12 bits per heavy atom. The zero-order valence-electron chi connectivity index (χ0n) is 9.22. The molecule has 0 radical (unpaired) electrons. The number of ether oxygens (including phenoxy) is 1. The van der Waals surface area contributed by atoms with Crippen LogP contribution in [0.25, 0.3) is 0 Å². The van der Waals surface area contributed by atoms with Crippen LogP contribution in [0.2, 0.25) is 0 Å². The number of benzene rings is 1. The first-order chi connectivity index (χ1) is 7.09. The van der Waals surface area contributed by atoms with Gasteiger partial charge in [-0.15, -0.1) is 13.2 Å². The van der Waals surface area contributed by atoms with Gasteiger partial charge in [-0.1, -0.05) is 20.8 Å². The lowest BCUT2D eigenvalue weighted by atomic mass is 9.86. The van der Waals surface area contributed by atoms with Crippen LogP contribution >= 0.6 is 0 Å². The van der Waals surface area contributed by atoms with Gasteiger partial charge in [0.15, 0.2) is 0 Å². The maximum Gasteiger partial charge on any atom is 0.573 e. The van der Waals surface area contributed by atoms with Crippen molar-refractivity contribution < 1.29 is 23.0 Å². The van der Waals surface area contributed by atoms with Crippen molar-refractivity contribution >= 4 is 0 Å². The number of aromatic hydroxyl groups is 1. The number of hydrogen-bond donors (Lipinski definition) is 1. The lowest BCUT2D eigenvalue weighted by Gasteiger charge is -2.23. The fourth-order valence-corrected chi connectivity index (χ4v) is 1.32. The van der Waals surface area contributed by atoms with E-state index in [0.29, 0.717) is 5.56 Å². The Morgan fingerprint density at radius 2 is 1.69 bits per heavy atom. The third-order valence-electron chi connectivity index (χ3n) is 2.00. The molecule has 0 aliphatic heterocycles. The molecule has 1 N–H and O–H groups in total. The van der Waals surface area contributed by atoms with Crippen molar-refractivity contribution in [3.8, 4) is 11.5 Å². The summed E-state index contributed by atoms with van der Waals surface area (Å²) in [5, 5.41) is 9.26. The highest BCUT2D eigenvalue weighted by Gasteiger charge is 2.33. The largest absolute Gasteiger partial charge is 0.573 e. The van der Waals surface area contributed by atoms with E-state index in [0.717, 1.165) is 12.1 Å². The fourth-order valence-electron chi connectivity index (χ4n) is 1.32. The van der Waals surface area contributed by atoms with Crippen LogP contribution in [-0.2, 0) is 5.41 Å². The highest BCUT2D eigenvalue weighted by Crippen LogP contribution is 2.36. The van der Waals surface area contributed by atoms with Gasteiger partial charge in [0.25, 0.3) is 0 Å². The molecule has 0 saturated carbocycles. The van der Waals surface area contributed by atoms with E-state index in [1.165, 1.54) is 6.07 Å². The molecule has 0 aliphatic carbocycles. The van der Waals surface area contributed by atoms with Gasteiger partial charge in [-0.25, -0.2) is 0 Å². The Morgan fingerprint density at radius 3 is 2.12 bits per heavy atom. The average Bonchev–Trinajstić information content (AvgIpc) is 2.04. The van der Waals surface area contributed by atoms with E-state index in [4.69, 9.17) is 0 Å². The van der Waals surface area contributed by atoms with Crippen molar-refractivity contribution in [2.24, 2.45) is 0 Å². The third-order valence-corrected chi connectivity index (χ3v) is 2.00. The van der Waals surface area contributed by atoms with Gasteiger partial charge >= 0.3 is 6.36 Å². The van der Waals surface area contributed by atoms with Crippen LogP contribution in [0.1, 0.15) is 26.3 Å². The summed E-state index contributed by atoms with van der Waals surface area (Å²) in [5.74, 6) is -0.364. The minimum Gasteiger partial charge on any atom is -0.508 e. The number of halogens is 3. The molecule has 1 rings (SSSR count). The topological polar surface area (TPSA) is 29.5 Å². The van der Waals surface area contributed by atoms with Crippen molar-refractivity contribution in [1.29, 1.82) is 0 Å². The molecule has 5 heteroatoms. The van der Waals surface area contributed by atoms with E-state index >= 15 is 0 Å². The van der Waals surface area contributed by atoms with Crippen LogP contribution in [-0.4, -0.2) is 11.5 Å². The molecule has 1 aromatic rings. The van der Waals surface area contributed by atoms with E-state index in [2.05, 4.69) is 4.74 Å². The molecule has 0 saturated heterocycles. The van der Waals surface area contributed by atoms with Crippen LogP contribution in [0.5, 0.6) is 11.5 Å². The molecule has 0 amide bonds. The molecule has 0 spiro atoms. The Bertz CT molecular complexity index is 378. The van der Waals surface area contributed by atoms with E-state index in [1.54, 1.807) is 20.8 Å². The highest BCUT2D eigenvalue weighted by molar-refractivity contribution is 5.43. The van der Waals surface area contributed by atoms with Crippen molar-refractivity contribution in [3.63, 3.8) is 0 Å². The maximum absolute atomic E-state index is 12.1. The second kappa shape index (κ2) is 3.88. The fraction of sp³-hybridized carbons (Fsp3) is 0.455. The van der Waals surface area contributed by atoms with Gasteiger partial charge in [0.1, 0.15) is 11.5 Å². The van der Waals surface area contributed by atoms with E-state index in [1.807, 2.05) is 0 Å². The number of phenolic OH excluding ortho intramolecular Hbond substituents is 1. The summed E-state index contributed by atoms with van der Waals surface area (Å²) in [6, 6.07) is 3.56. The summed E-state index contributed by atoms with van der Waals surface area (Å²) in [5.41, 5.74) is -0.232. The van der Waals surface area contributed by atoms with Crippen molar-refractivity contribution in [3.05, 3.63) is 23.8 Å². The predicted molar refractivity (Wildman–Crippen MR) is 53.5 cm³/mol. The summed E-state index contributed by atoms with van der Waals surface area (Å²) in [6.07, 6.45) is -4.73. The first kappa shape index (κ1) is 12.7. The minimum absolute atomic E-state index is 0.0838. The van der Waals surface area contributed by atoms with E-state index in [9.17, 15) is 18.3 Å². The Balaban J connectivity index is 3.19. The quantitative estimate of drug-likeness (QED) is 0.804. The first-order valence-electron chi connectivity index (χ1n) is 4.69. The summed E-state index contributed by atoms with van der Waals surface area (Å²) >= 11 is 0. The van der Waals surface area contributed by atoms with Crippen LogP contribution in [0.3, 0.4) is 0 Å². The van der Waals surface area contributed by atoms with E-state index < -0.39 is 11.8 Å². The number of alkyl halides is 3. The molecule has 0 aliphatic rings. The van der Waals surface area contributed by atoms with Crippen LogP contribution in [0.15, 0.2) is 18.2 Å². The van der Waals surface area contributed by atoms with Crippen molar-refractivity contribution in [2.75, 3.05) is 0 Å². The van der Waals surface area contributed by atoms with Gasteiger partial charge in [-0.3, -0.25) is 0 Å². The van der Waals surface area contributed by atoms with Gasteiger partial charge in [-0.2, -0.15) is 0 Å². The normalized spacial score (nSPS) is 12.6. The number of rotatable bonds is 1. The first-order valence-corrected chi connectivity index (χ1v) is 4.69. The molecule has 0 aromatic heterocycles. The molecule has 0 atom stereocenters. The molecule has 0 heterocycles. The molecule has 16 heavy (non-hydrogen) atoms. The zero-order chi connectivity index (χ0) is 12.6. The van der Waals surface area contributed by atoms with Gasteiger partial charge < -0.3 is 9.84 Å². The smallest absolute Gasteiger partial charge is 0.508 e. The van der Waals surface area contributed by atoms with Crippen molar-refractivity contribution in [2.45, 2.75) is 32.5 Å². The minimum atomic E-state index is -4.73. The van der Waals surface area contributed by atoms with Gasteiger partial charge in [-0.05, 0) is 23.6 Å². The second-order valence-electron chi connectivity index (χ2n) is 4.48. The van der Waals surface area contributed by atoms with Gasteiger partial charge in [0, 0.05) is 5.56 Å². The molecular weight excluding hydrogens is 221 g/mol. The standard InChI is InChI=1S/C11H13F3O2/c1-10(2,3)8-6-7(15)4-5-9(8)16-11(12,13)14/h4-6,15H,1-3H3. The predicted octanol–water partition coefficient (Wildman–Crippen LogP) is 3.59. The zero-order valence-corrected chi connectivity index (χ0v) is 9.22. The van der Waals surface area contributed by atoms with Crippen molar-refractivity contribution in [1.82, 2.24) is 0 Å². The molecule has 0 unspecified atom stereocenters. The van der Waals surface area contributed by atoms with Crippen LogP contribution in [0.4, 0.5) is 13.2 Å². The van der Waals surface area contributed by atoms with Gasteiger partial charge in [0.05, 0.1) is 0 Å². The second-order valence-corrected chi connectivity index (χ2v) is 4.48. The molecule has 0 fully saturated rings. The summed E-state index contributed by atoms with van der Waals surface area (Å²) in [4.78, 5) is 0. The summed E-state index contributed by atoms with van der Waals surface area (Å²) in [7, 11) is 0. The molecule has 2 nitrogen and oxygen atoms in total. The number of hydrogen-bond acceptors (Lipinski definition) is 2. The van der Waals surface area contributed by atoms with E-state index in [-0.39, 0.29) is 11.5 Å². The monoisotopic (exact) mass is 234 g/mol.